The van der Waals surface area contributed by atoms with Crippen LogP contribution in [0.25, 0.3) is 61.0 Å². The van der Waals surface area contributed by atoms with Crippen LogP contribution in [-0.2, 0) is 37.3 Å². The molecule has 6 heteroatoms. The maximum atomic E-state index is 6.76. The van der Waals surface area contributed by atoms with Crippen molar-refractivity contribution in [2.45, 2.75) is 78.6 Å². The van der Waals surface area contributed by atoms with Gasteiger partial charge in [-0.2, -0.15) is 12.1 Å². The van der Waals surface area contributed by atoms with Crippen LogP contribution in [0.5, 0.6) is 11.5 Å². The number of hydrogen-bond acceptors (Lipinski definition) is 4. The molecule has 1 aliphatic heterocycles. The van der Waals surface area contributed by atoms with Crippen LogP contribution in [0.1, 0.15) is 79.0 Å². The monoisotopic (exact) mass is 1120 g/mol. The molecule has 0 atom stereocenters. The van der Waals surface area contributed by atoms with Gasteiger partial charge in [-0.25, -0.2) is 4.98 Å². The molecule has 0 aliphatic carbocycles. The summed E-state index contributed by atoms with van der Waals surface area (Å²) in [6.07, 6.45) is 2.02. The van der Waals surface area contributed by atoms with E-state index in [2.05, 4.69) is 259 Å². The Balaban J connectivity index is 0.00000596. The number of anilines is 4. The molecule has 0 saturated carbocycles. The van der Waals surface area contributed by atoms with Gasteiger partial charge in [-0.3, -0.25) is 0 Å². The Bertz CT molecular complexity index is 3580. The zero-order valence-corrected chi connectivity index (χ0v) is 44.8. The van der Waals surface area contributed by atoms with Crippen molar-refractivity contribution >= 4 is 44.6 Å². The second kappa shape index (κ2) is 18.8. The molecule has 10 aromatic rings. The fourth-order valence-corrected chi connectivity index (χ4v) is 9.98. The maximum absolute atomic E-state index is 6.76. The molecule has 0 radical (unpaired) electrons. The van der Waals surface area contributed by atoms with E-state index in [1.54, 1.807) is 0 Å². The van der Waals surface area contributed by atoms with Crippen molar-refractivity contribution in [3.05, 3.63) is 224 Å². The second-order valence-corrected chi connectivity index (χ2v) is 21.9. The molecular weight excluding hydrogens is 1060 g/mol. The predicted molar refractivity (Wildman–Crippen MR) is 297 cm³/mol. The van der Waals surface area contributed by atoms with Crippen molar-refractivity contribution < 1.29 is 25.8 Å². The number of para-hydroxylation sites is 4. The van der Waals surface area contributed by atoms with Gasteiger partial charge in [0.05, 0.1) is 0 Å². The first kappa shape index (κ1) is 48.4. The quantitative estimate of drug-likeness (QED) is 0.142. The van der Waals surface area contributed by atoms with E-state index in [-0.39, 0.29) is 37.3 Å². The molecule has 0 saturated heterocycles. The molecule has 362 valence electrons. The van der Waals surface area contributed by atoms with Crippen molar-refractivity contribution in [2.24, 2.45) is 0 Å². The molecular formula is C66H59N4OPt-3. The second-order valence-electron chi connectivity index (χ2n) is 21.9. The zero-order chi connectivity index (χ0) is 49.2. The fraction of sp³-hybridized carbons (Fsp3) is 0.182. The molecule has 8 aromatic carbocycles. The third kappa shape index (κ3) is 9.05. The van der Waals surface area contributed by atoms with Crippen LogP contribution in [0, 0.1) is 18.8 Å². The van der Waals surface area contributed by atoms with Crippen LogP contribution >= 0.6 is 0 Å². The van der Waals surface area contributed by atoms with Gasteiger partial charge in [0.25, 0.3) is 0 Å². The minimum absolute atomic E-state index is 0. The molecule has 0 unspecified atom stereocenters. The fourth-order valence-electron chi connectivity index (χ4n) is 9.98. The van der Waals surface area contributed by atoms with E-state index >= 15 is 0 Å². The molecule has 3 heterocycles. The number of pyridine rings is 1. The molecule has 0 bridgehead atoms. The summed E-state index contributed by atoms with van der Waals surface area (Å²) in [7, 11) is 0. The minimum Gasteiger partial charge on any atom is -0.509 e. The van der Waals surface area contributed by atoms with Gasteiger partial charge >= 0.3 is 0 Å². The molecule has 0 N–H and O–H groups in total. The third-order valence-electron chi connectivity index (χ3n) is 13.8. The number of fused-ring (bicyclic) bond motifs is 4. The average Bonchev–Trinajstić information content (AvgIpc) is 3.91. The van der Waals surface area contributed by atoms with Gasteiger partial charge in [0.15, 0.2) is 0 Å². The Morgan fingerprint density at radius 1 is 0.472 bits per heavy atom. The van der Waals surface area contributed by atoms with Crippen molar-refractivity contribution in [1.82, 2.24) is 9.55 Å². The molecule has 2 aromatic heterocycles. The Kier molecular flexibility index (Phi) is 12.6. The standard InChI is InChI=1S/C66H59N4O.Pt/c1-64(2,3)47-36-46(37-48(38-47)65(4,5)6)53-30-21-29-52(44-22-12-10-13-23-44)63(53)69-43-68(59-32-18-19-33-60(59)69)49-26-20-27-50(39-49)71-51-34-35-55-54-28-16-17-31-58(54)70(61(55)40-51)62-41-57(66(7,8)9)56(42-67-62)45-24-14-11-15-25-45;/h10-38,41-43H,1-9H3;/q-3;. The summed E-state index contributed by atoms with van der Waals surface area (Å²) >= 11 is 0. The SMILES string of the molecule is CC(C)(C)c1cc(-c2cccc(-c3ccccc3)c2N2[CH-]N(c3[c-]c(Oc4[c-]c5c(cc4)c4ccccc4n5-c4cc(C(C)(C)C)c(-c5ccccc5)cn4)ccc3)c3ccccc32)cc(C(C)(C)C)c1.[Pt]. The van der Waals surface area contributed by atoms with Crippen molar-refractivity contribution in [3.8, 4) is 50.7 Å². The summed E-state index contributed by atoms with van der Waals surface area (Å²) in [5.74, 6) is 2.02. The van der Waals surface area contributed by atoms with E-state index in [4.69, 9.17) is 9.72 Å². The number of hydrogen-bond donors (Lipinski definition) is 0. The summed E-state index contributed by atoms with van der Waals surface area (Å²) in [4.78, 5) is 9.73. The molecule has 0 spiro atoms. The Morgan fingerprint density at radius 3 is 1.69 bits per heavy atom. The van der Waals surface area contributed by atoms with Crippen LogP contribution < -0.4 is 14.5 Å². The summed E-state index contributed by atoms with van der Waals surface area (Å²) in [6, 6.07) is 72.2. The van der Waals surface area contributed by atoms with Crippen LogP contribution in [0.3, 0.4) is 0 Å². The number of ether oxygens (including phenoxy) is 1. The summed E-state index contributed by atoms with van der Waals surface area (Å²) in [5, 5.41) is 2.21. The van der Waals surface area contributed by atoms with Gasteiger partial charge < -0.3 is 19.1 Å². The minimum atomic E-state index is -0.132. The molecule has 5 nitrogen and oxygen atoms in total. The van der Waals surface area contributed by atoms with Gasteiger partial charge in [0.2, 0.25) is 0 Å². The van der Waals surface area contributed by atoms with Crippen LogP contribution in [0.2, 0.25) is 0 Å². The summed E-state index contributed by atoms with van der Waals surface area (Å²) in [5.41, 5.74) is 16.6. The number of nitrogens with zero attached hydrogens (tertiary/aromatic N) is 4. The predicted octanol–water partition coefficient (Wildman–Crippen LogP) is 17.9. The van der Waals surface area contributed by atoms with Crippen LogP contribution in [0.15, 0.2) is 188 Å². The van der Waals surface area contributed by atoms with E-state index in [0.29, 0.717) is 11.5 Å². The first-order valence-corrected chi connectivity index (χ1v) is 24.7. The smallest absolute Gasteiger partial charge is 0.135 e. The zero-order valence-electron chi connectivity index (χ0n) is 42.5. The normalized spacial score (nSPS) is 12.8. The molecule has 0 amide bonds. The van der Waals surface area contributed by atoms with Gasteiger partial charge in [-0.05, 0) is 79.3 Å². The van der Waals surface area contributed by atoms with Gasteiger partial charge in [0.1, 0.15) is 5.82 Å². The van der Waals surface area contributed by atoms with E-state index < -0.39 is 0 Å². The summed E-state index contributed by atoms with van der Waals surface area (Å²) in [6.45, 7) is 22.8. The van der Waals surface area contributed by atoms with Crippen LogP contribution in [-0.4, -0.2) is 9.55 Å². The maximum Gasteiger partial charge on any atom is 0.135 e. The van der Waals surface area contributed by atoms with Crippen LogP contribution in [0.4, 0.5) is 22.7 Å². The largest absolute Gasteiger partial charge is 0.509 e. The molecule has 72 heavy (non-hydrogen) atoms. The number of aromatic nitrogens is 2. The molecule has 11 rings (SSSR count). The van der Waals surface area contributed by atoms with Gasteiger partial charge in [0, 0.05) is 78.0 Å². The first-order chi connectivity index (χ1) is 34.1. The van der Waals surface area contributed by atoms with E-state index in [1.165, 1.54) is 22.3 Å². The van der Waals surface area contributed by atoms with E-state index in [9.17, 15) is 0 Å². The van der Waals surface area contributed by atoms with Crippen molar-refractivity contribution in [3.63, 3.8) is 0 Å². The Hall–Kier alpha value is -7.20. The van der Waals surface area contributed by atoms with Crippen molar-refractivity contribution in [2.75, 3.05) is 9.80 Å². The Labute approximate surface area is 440 Å². The molecule has 0 fully saturated rings. The first-order valence-electron chi connectivity index (χ1n) is 24.7. The van der Waals surface area contributed by atoms with E-state index in [0.717, 1.165) is 78.2 Å². The van der Waals surface area contributed by atoms with Crippen molar-refractivity contribution in [1.29, 1.82) is 0 Å². The third-order valence-corrected chi connectivity index (χ3v) is 13.8. The average molecular weight is 1120 g/mol. The topological polar surface area (TPSA) is 33.5 Å². The Morgan fingerprint density at radius 2 is 1.04 bits per heavy atom. The van der Waals surface area contributed by atoms with E-state index in [1.807, 2.05) is 24.4 Å². The number of rotatable bonds is 8. The molecule has 1 aliphatic rings. The van der Waals surface area contributed by atoms with Gasteiger partial charge in [-0.1, -0.05) is 195 Å². The number of benzene rings is 8. The summed E-state index contributed by atoms with van der Waals surface area (Å²) < 4.78 is 8.98. The van der Waals surface area contributed by atoms with Gasteiger partial charge in [-0.15, -0.1) is 48.1 Å².